The minimum absolute atomic E-state index is 0.0637. The average Bonchev–Trinajstić information content (AvgIpc) is 2.51. The topological polar surface area (TPSA) is 67.5 Å². The first-order valence-corrected chi connectivity index (χ1v) is 4.20. The quantitative estimate of drug-likeness (QED) is 0.589. The highest BCUT2D eigenvalue weighted by atomic mass is 16.3. The molecule has 1 aliphatic rings. The fraction of sp³-hybridized carbons (Fsp3) is 0.875. The van der Waals surface area contributed by atoms with Crippen molar-refractivity contribution < 1.29 is 10.2 Å². The number of nitrogens with zero attached hydrogens (tertiary/aromatic N) is 2. The summed E-state index contributed by atoms with van der Waals surface area (Å²) in [6.07, 6.45) is 1.18. The van der Waals surface area contributed by atoms with E-state index in [0.717, 1.165) is 19.4 Å². The summed E-state index contributed by atoms with van der Waals surface area (Å²) in [6.45, 7) is 1.04. The molecule has 0 spiro atoms. The summed E-state index contributed by atoms with van der Waals surface area (Å²) in [6, 6.07) is 2.11. The number of hydrogen-bond acceptors (Lipinski definition) is 4. The van der Waals surface area contributed by atoms with Crippen LogP contribution in [0.15, 0.2) is 0 Å². The highest BCUT2D eigenvalue weighted by molar-refractivity contribution is 4.96. The van der Waals surface area contributed by atoms with Gasteiger partial charge in [-0.1, -0.05) is 0 Å². The zero-order valence-corrected chi connectivity index (χ0v) is 6.98. The van der Waals surface area contributed by atoms with Crippen LogP contribution in [0, 0.1) is 11.3 Å². The van der Waals surface area contributed by atoms with Crippen molar-refractivity contribution in [2.75, 3.05) is 19.7 Å². The molecule has 0 amide bonds. The van der Waals surface area contributed by atoms with Crippen molar-refractivity contribution in [1.29, 1.82) is 5.26 Å². The van der Waals surface area contributed by atoms with E-state index < -0.39 is 6.10 Å². The maximum absolute atomic E-state index is 9.13. The van der Waals surface area contributed by atoms with E-state index in [2.05, 4.69) is 6.07 Å². The Kier molecular flexibility index (Phi) is 3.48. The van der Waals surface area contributed by atoms with Gasteiger partial charge in [0.25, 0.3) is 0 Å². The molecule has 68 valence electrons. The molecule has 0 aromatic heterocycles. The van der Waals surface area contributed by atoms with Gasteiger partial charge in [0, 0.05) is 6.54 Å². The first-order valence-electron chi connectivity index (χ1n) is 4.20. The Hall–Kier alpha value is -0.630. The molecule has 1 fully saturated rings. The molecule has 4 heteroatoms. The standard InChI is InChI=1S/C8H14N2O2/c9-4-7-2-1-3-10(7)5-8(12)6-11/h7-8,11-12H,1-3,5-6H2. The second kappa shape index (κ2) is 4.41. The second-order valence-corrected chi connectivity index (χ2v) is 3.12. The largest absolute Gasteiger partial charge is 0.394 e. The van der Waals surface area contributed by atoms with Crippen LogP contribution in [0.5, 0.6) is 0 Å². The van der Waals surface area contributed by atoms with Crippen LogP contribution < -0.4 is 0 Å². The Bertz CT molecular complexity index is 178. The van der Waals surface area contributed by atoms with E-state index in [0.29, 0.717) is 6.54 Å². The van der Waals surface area contributed by atoms with Gasteiger partial charge < -0.3 is 10.2 Å². The van der Waals surface area contributed by atoms with E-state index in [1.165, 1.54) is 0 Å². The van der Waals surface area contributed by atoms with Gasteiger partial charge in [0.05, 0.1) is 24.8 Å². The summed E-state index contributed by atoms with van der Waals surface area (Å²) in [5.41, 5.74) is 0. The molecule has 0 aromatic carbocycles. The Balaban J connectivity index is 2.36. The lowest BCUT2D eigenvalue weighted by Crippen LogP contribution is -2.36. The smallest absolute Gasteiger partial charge is 0.0979 e. The molecule has 1 heterocycles. The monoisotopic (exact) mass is 170 g/mol. The third-order valence-corrected chi connectivity index (χ3v) is 2.17. The molecule has 0 saturated carbocycles. The number of aliphatic hydroxyl groups is 2. The van der Waals surface area contributed by atoms with Crippen molar-refractivity contribution >= 4 is 0 Å². The van der Waals surface area contributed by atoms with Gasteiger partial charge >= 0.3 is 0 Å². The third kappa shape index (κ3) is 2.18. The molecular weight excluding hydrogens is 156 g/mol. The van der Waals surface area contributed by atoms with Gasteiger partial charge in [-0.3, -0.25) is 4.90 Å². The summed E-state index contributed by atoms with van der Waals surface area (Å²) >= 11 is 0. The molecule has 2 atom stereocenters. The minimum atomic E-state index is -0.709. The number of β-amino-alcohol motifs (C(OH)–C–C–N with tert-alkyl or cyclic N) is 1. The molecule has 2 unspecified atom stereocenters. The Morgan fingerprint density at radius 1 is 1.67 bits per heavy atom. The van der Waals surface area contributed by atoms with Crippen molar-refractivity contribution in [2.24, 2.45) is 0 Å². The lowest BCUT2D eigenvalue weighted by molar-refractivity contribution is 0.0607. The van der Waals surface area contributed by atoms with Gasteiger partial charge in [0.15, 0.2) is 0 Å². The molecule has 1 rings (SSSR count). The molecule has 2 N–H and O–H groups in total. The summed E-state index contributed by atoms with van der Waals surface area (Å²) in [4.78, 5) is 1.92. The van der Waals surface area contributed by atoms with Crippen LogP contribution in [-0.2, 0) is 0 Å². The SMILES string of the molecule is N#CC1CCCN1CC(O)CO. The number of nitriles is 1. The molecule has 0 aliphatic carbocycles. The van der Waals surface area contributed by atoms with Gasteiger partial charge in [-0.25, -0.2) is 0 Å². The number of aliphatic hydroxyl groups excluding tert-OH is 2. The van der Waals surface area contributed by atoms with Gasteiger partial charge in [0.2, 0.25) is 0 Å². The molecule has 0 aromatic rings. The third-order valence-electron chi connectivity index (χ3n) is 2.17. The fourth-order valence-corrected chi connectivity index (χ4v) is 1.52. The minimum Gasteiger partial charge on any atom is -0.394 e. The summed E-state index contributed by atoms with van der Waals surface area (Å²) in [7, 11) is 0. The van der Waals surface area contributed by atoms with E-state index in [1.54, 1.807) is 0 Å². The molecule has 1 aliphatic heterocycles. The predicted molar refractivity (Wildman–Crippen MR) is 43.3 cm³/mol. The van der Waals surface area contributed by atoms with E-state index in [1.807, 2.05) is 4.90 Å². The molecule has 0 bridgehead atoms. The number of hydrogen-bond donors (Lipinski definition) is 2. The van der Waals surface area contributed by atoms with Crippen LogP contribution in [0.4, 0.5) is 0 Å². The maximum Gasteiger partial charge on any atom is 0.0979 e. The highest BCUT2D eigenvalue weighted by Gasteiger charge is 2.25. The highest BCUT2D eigenvalue weighted by Crippen LogP contribution is 2.16. The van der Waals surface area contributed by atoms with Crippen molar-refractivity contribution in [3.8, 4) is 6.07 Å². The molecule has 0 radical (unpaired) electrons. The summed E-state index contributed by atoms with van der Waals surface area (Å²) < 4.78 is 0. The van der Waals surface area contributed by atoms with Crippen molar-refractivity contribution in [3.63, 3.8) is 0 Å². The Morgan fingerprint density at radius 2 is 2.42 bits per heavy atom. The molecule has 12 heavy (non-hydrogen) atoms. The van der Waals surface area contributed by atoms with Gasteiger partial charge in [-0.15, -0.1) is 0 Å². The van der Waals surface area contributed by atoms with Crippen LogP contribution >= 0.6 is 0 Å². The van der Waals surface area contributed by atoms with Crippen molar-refractivity contribution in [3.05, 3.63) is 0 Å². The van der Waals surface area contributed by atoms with E-state index in [9.17, 15) is 0 Å². The average molecular weight is 170 g/mol. The van der Waals surface area contributed by atoms with Crippen molar-refractivity contribution in [2.45, 2.75) is 25.0 Å². The van der Waals surface area contributed by atoms with Crippen LogP contribution in [0.1, 0.15) is 12.8 Å². The second-order valence-electron chi connectivity index (χ2n) is 3.12. The first kappa shape index (κ1) is 9.46. The molecule has 4 nitrogen and oxygen atoms in total. The van der Waals surface area contributed by atoms with Gasteiger partial charge in [0.1, 0.15) is 0 Å². The molecule has 1 saturated heterocycles. The van der Waals surface area contributed by atoms with Crippen LogP contribution in [-0.4, -0.2) is 47.0 Å². The first-order chi connectivity index (χ1) is 5.77. The molecular formula is C8H14N2O2. The van der Waals surface area contributed by atoms with E-state index in [4.69, 9.17) is 15.5 Å². The zero-order valence-electron chi connectivity index (χ0n) is 6.98. The van der Waals surface area contributed by atoms with Gasteiger partial charge in [-0.2, -0.15) is 5.26 Å². The van der Waals surface area contributed by atoms with Crippen LogP contribution in [0.3, 0.4) is 0 Å². The normalized spacial score (nSPS) is 26.9. The Morgan fingerprint density at radius 3 is 3.00 bits per heavy atom. The van der Waals surface area contributed by atoms with Crippen LogP contribution in [0.2, 0.25) is 0 Å². The van der Waals surface area contributed by atoms with Gasteiger partial charge in [-0.05, 0) is 19.4 Å². The summed E-state index contributed by atoms with van der Waals surface area (Å²) in [5, 5.41) is 26.4. The van der Waals surface area contributed by atoms with Crippen molar-refractivity contribution in [1.82, 2.24) is 4.90 Å². The zero-order chi connectivity index (χ0) is 8.97. The Labute approximate surface area is 72.0 Å². The number of rotatable bonds is 3. The number of likely N-dealkylation sites (tertiary alicyclic amines) is 1. The van der Waals surface area contributed by atoms with Crippen LogP contribution in [0.25, 0.3) is 0 Å². The van der Waals surface area contributed by atoms with E-state index >= 15 is 0 Å². The lowest BCUT2D eigenvalue weighted by atomic mass is 10.2. The van der Waals surface area contributed by atoms with E-state index in [-0.39, 0.29) is 12.6 Å². The summed E-state index contributed by atoms with van der Waals surface area (Å²) in [5.74, 6) is 0. The fourth-order valence-electron chi connectivity index (χ4n) is 1.52. The maximum atomic E-state index is 9.13. The lowest BCUT2D eigenvalue weighted by Gasteiger charge is -2.20. The predicted octanol–water partition coefficient (Wildman–Crippen LogP) is -0.672.